The van der Waals surface area contributed by atoms with E-state index in [0.717, 1.165) is 0 Å². The van der Waals surface area contributed by atoms with E-state index in [1.807, 2.05) is 13.1 Å². The number of nitriles is 1. The van der Waals surface area contributed by atoms with Gasteiger partial charge in [-0.15, -0.1) is 0 Å². The maximum Gasteiger partial charge on any atom is 0.231 e. The fraction of sp³-hybridized carbons (Fsp3) is 0.667. The molecule has 0 radical (unpaired) electrons. The number of halogens is 3. The van der Waals surface area contributed by atoms with E-state index in [2.05, 4.69) is 5.10 Å². The molecule has 7 heteroatoms. The molecule has 1 aliphatic rings. The molecule has 0 aromatic rings. The van der Waals surface area contributed by atoms with Crippen LogP contribution in [0.3, 0.4) is 0 Å². The van der Waals surface area contributed by atoms with Gasteiger partial charge in [0.25, 0.3) is 0 Å². The van der Waals surface area contributed by atoms with Gasteiger partial charge in [-0.3, -0.25) is 5.01 Å². The smallest absolute Gasteiger partial charge is 0.231 e. The molecule has 1 heterocycles. The Morgan fingerprint density at radius 2 is 2.23 bits per heavy atom. The van der Waals surface area contributed by atoms with Crippen molar-refractivity contribution in [2.75, 3.05) is 6.54 Å². The summed E-state index contributed by atoms with van der Waals surface area (Å²) >= 11 is 17.1. The summed E-state index contributed by atoms with van der Waals surface area (Å²) in [5.41, 5.74) is 0. The lowest BCUT2D eigenvalue weighted by Crippen LogP contribution is -2.46. The molecule has 0 fully saturated rings. The first-order valence-corrected chi connectivity index (χ1v) is 4.69. The Balaban J connectivity index is 2.86. The van der Waals surface area contributed by atoms with Crippen molar-refractivity contribution in [3.8, 4) is 6.19 Å². The lowest BCUT2D eigenvalue weighted by Gasteiger charge is -2.30. The number of hydrogen-bond donors (Lipinski definition) is 0. The number of alkyl halides is 3. The van der Waals surface area contributed by atoms with Crippen LogP contribution in [-0.4, -0.2) is 32.8 Å². The molecule has 1 rings (SSSR count). The zero-order valence-electron chi connectivity index (χ0n) is 6.78. The summed E-state index contributed by atoms with van der Waals surface area (Å²) in [6.07, 6.45) is 2.57. The van der Waals surface area contributed by atoms with Crippen LogP contribution in [0.25, 0.3) is 0 Å². The van der Waals surface area contributed by atoms with E-state index in [4.69, 9.17) is 40.1 Å². The van der Waals surface area contributed by atoms with Crippen LogP contribution in [-0.2, 0) is 0 Å². The predicted octanol–water partition coefficient (Wildman–Crippen LogP) is 1.74. The molecule has 1 unspecified atom stereocenters. The molecule has 0 bridgehead atoms. The molecule has 13 heavy (non-hydrogen) atoms. The van der Waals surface area contributed by atoms with Gasteiger partial charge in [-0.05, 0) is 6.92 Å². The van der Waals surface area contributed by atoms with Gasteiger partial charge < -0.3 is 0 Å². The first-order chi connectivity index (χ1) is 6.00. The molecule has 1 aliphatic heterocycles. The third-order valence-corrected chi connectivity index (χ3v) is 2.19. The summed E-state index contributed by atoms with van der Waals surface area (Å²) in [6, 6.07) is 0. The van der Waals surface area contributed by atoms with Crippen molar-refractivity contribution in [2.24, 2.45) is 5.10 Å². The van der Waals surface area contributed by atoms with Crippen LogP contribution in [0.2, 0.25) is 0 Å². The summed E-state index contributed by atoms with van der Waals surface area (Å²) in [4.78, 5) is 1.20. The van der Waals surface area contributed by atoms with E-state index in [0.29, 0.717) is 6.54 Å². The molecule has 0 aliphatic carbocycles. The molecular formula is C6H7Cl3N4. The van der Waals surface area contributed by atoms with Crippen molar-refractivity contribution in [1.29, 1.82) is 5.26 Å². The largest absolute Gasteiger partial charge is 0.268 e. The standard InChI is InChI=1S/C6H7Cl3N4/c1-2-13-5(6(7,8)9)12(3-10)4-11-13/h4-5H,2H2,1H3. The van der Waals surface area contributed by atoms with Gasteiger partial charge in [0, 0.05) is 6.54 Å². The van der Waals surface area contributed by atoms with Crippen molar-refractivity contribution in [3.05, 3.63) is 0 Å². The van der Waals surface area contributed by atoms with Crippen LogP contribution in [0, 0.1) is 11.5 Å². The van der Waals surface area contributed by atoms with Crippen LogP contribution in [0.15, 0.2) is 5.10 Å². The maximum absolute atomic E-state index is 8.70. The normalized spacial score (nSPS) is 22.2. The summed E-state index contributed by atoms with van der Waals surface area (Å²) in [5.74, 6) is 0. The third-order valence-electron chi connectivity index (χ3n) is 1.60. The molecule has 0 N–H and O–H groups in total. The van der Waals surface area contributed by atoms with Crippen molar-refractivity contribution >= 4 is 41.1 Å². The van der Waals surface area contributed by atoms with Crippen molar-refractivity contribution in [3.63, 3.8) is 0 Å². The number of nitrogens with zero attached hydrogens (tertiary/aromatic N) is 4. The van der Waals surface area contributed by atoms with Crippen LogP contribution >= 0.6 is 34.8 Å². The van der Waals surface area contributed by atoms with Crippen LogP contribution in [0.5, 0.6) is 0 Å². The second kappa shape index (κ2) is 3.79. The Hall–Kier alpha value is -0.370. The molecule has 0 saturated heterocycles. The van der Waals surface area contributed by atoms with Gasteiger partial charge in [-0.1, -0.05) is 34.8 Å². The maximum atomic E-state index is 8.70. The molecule has 0 aromatic heterocycles. The first kappa shape index (κ1) is 10.7. The Bertz CT molecular complexity index is 254. The molecule has 0 aromatic carbocycles. The van der Waals surface area contributed by atoms with Crippen molar-refractivity contribution < 1.29 is 0 Å². The van der Waals surface area contributed by atoms with E-state index < -0.39 is 9.96 Å². The highest BCUT2D eigenvalue weighted by molar-refractivity contribution is 6.68. The van der Waals surface area contributed by atoms with Gasteiger partial charge in [-0.2, -0.15) is 10.4 Å². The summed E-state index contributed by atoms with van der Waals surface area (Å²) in [7, 11) is 0. The van der Waals surface area contributed by atoms with Crippen LogP contribution < -0.4 is 0 Å². The minimum absolute atomic E-state index is 0.577. The summed E-state index contributed by atoms with van der Waals surface area (Å²) in [6.45, 7) is 2.44. The summed E-state index contributed by atoms with van der Waals surface area (Å²) in [5, 5.41) is 14.1. The van der Waals surface area contributed by atoms with Crippen LogP contribution in [0.1, 0.15) is 6.92 Å². The Labute approximate surface area is 91.2 Å². The number of rotatable bonds is 1. The SMILES string of the molecule is CCN1N=CN(C#N)C1C(Cl)(Cl)Cl. The predicted molar refractivity (Wildman–Crippen MR) is 52.4 cm³/mol. The number of hydrogen-bond acceptors (Lipinski definition) is 4. The lowest BCUT2D eigenvalue weighted by atomic mass is 10.5. The van der Waals surface area contributed by atoms with Gasteiger partial charge in [0.1, 0.15) is 6.34 Å². The molecular weight excluding hydrogens is 234 g/mol. The fourth-order valence-corrected chi connectivity index (χ4v) is 1.71. The topological polar surface area (TPSA) is 42.6 Å². The highest BCUT2D eigenvalue weighted by Crippen LogP contribution is 2.36. The second-order valence-corrected chi connectivity index (χ2v) is 4.78. The van der Waals surface area contributed by atoms with Gasteiger partial charge in [0.15, 0.2) is 12.4 Å². The van der Waals surface area contributed by atoms with Crippen molar-refractivity contribution in [1.82, 2.24) is 9.91 Å². The average Bonchev–Trinajstić information content (AvgIpc) is 2.45. The van der Waals surface area contributed by atoms with Gasteiger partial charge >= 0.3 is 0 Å². The minimum atomic E-state index is -1.55. The quantitative estimate of drug-likeness (QED) is 0.519. The van der Waals surface area contributed by atoms with Crippen LogP contribution in [0.4, 0.5) is 0 Å². The van der Waals surface area contributed by atoms with E-state index in [1.54, 1.807) is 0 Å². The van der Waals surface area contributed by atoms with Crippen molar-refractivity contribution in [2.45, 2.75) is 16.9 Å². The molecule has 1 atom stereocenters. The van der Waals surface area contributed by atoms with E-state index >= 15 is 0 Å². The minimum Gasteiger partial charge on any atom is -0.268 e. The van der Waals surface area contributed by atoms with Gasteiger partial charge in [0.2, 0.25) is 3.79 Å². The molecule has 0 spiro atoms. The summed E-state index contributed by atoms with van der Waals surface area (Å²) < 4.78 is -1.55. The highest BCUT2D eigenvalue weighted by Gasteiger charge is 2.43. The molecule has 72 valence electrons. The molecule has 0 saturated carbocycles. The van der Waals surface area contributed by atoms with E-state index in [1.165, 1.54) is 16.2 Å². The van der Waals surface area contributed by atoms with Gasteiger partial charge in [0.05, 0.1) is 0 Å². The zero-order chi connectivity index (χ0) is 10.1. The fourth-order valence-electron chi connectivity index (χ4n) is 1.05. The average molecular weight is 242 g/mol. The Morgan fingerprint density at radius 3 is 2.62 bits per heavy atom. The third kappa shape index (κ3) is 2.11. The Morgan fingerprint density at radius 1 is 1.62 bits per heavy atom. The molecule has 0 amide bonds. The lowest BCUT2D eigenvalue weighted by molar-refractivity contribution is 0.173. The van der Waals surface area contributed by atoms with E-state index in [-0.39, 0.29) is 0 Å². The Kier molecular flexibility index (Phi) is 3.12. The van der Waals surface area contributed by atoms with E-state index in [9.17, 15) is 0 Å². The van der Waals surface area contributed by atoms with Gasteiger partial charge in [-0.25, -0.2) is 4.90 Å². The molecule has 4 nitrogen and oxygen atoms in total. The zero-order valence-corrected chi connectivity index (χ0v) is 9.05. The second-order valence-electron chi connectivity index (χ2n) is 2.41. The highest BCUT2D eigenvalue weighted by atomic mass is 35.6. The number of hydrazone groups is 1. The monoisotopic (exact) mass is 240 g/mol. The first-order valence-electron chi connectivity index (χ1n) is 3.56.